The molecule has 0 spiro atoms. The maximum atomic E-state index is 11.5. The fourth-order valence-corrected chi connectivity index (χ4v) is 1.74. The molecule has 5 nitrogen and oxygen atoms in total. The van der Waals surface area contributed by atoms with Crippen molar-refractivity contribution < 1.29 is 4.79 Å². The lowest BCUT2D eigenvalue weighted by atomic mass is 10.2. The van der Waals surface area contributed by atoms with E-state index in [1.54, 1.807) is 12.1 Å². The molecule has 0 atom stereocenters. The Morgan fingerprint density at radius 3 is 2.38 bits per heavy atom. The van der Waals surface area contributed by atoms with Crippen molar-refractivity contribution in [1.82, 2.24) is 10.2 Å². The summed E-state index contributed by atoms with van der Waals surface area (Å²) in [6.45, 7) is 5.58. The molecule has 110 valence electrons. The Balaban J connectivity index is 2.05. The third kappa shape index (κ3) is 4.16. The summed E-state index contributed by atoms with van der Waals surface area (Å²) in [5.74, 6) is 0.827. The Hall–Kier alpha value is -2.14. The Labute approximate surface area is 128 Å². The maximum Gasteiger partial charge on any atom is 0.228 e. The highest BCUT2D eigenvalue weighted by atomic mass is 35.5. The highest BCUT2D eigenvalue weighted by Crippen LogP contribution is 2.22. The molecule has 0 saturated carbocycles. The zero-order valence-electron chi connectivity index (χ0n) is 12.1. The smallest absolute Gasteiger partial charge is 0.228 e. The quantitative estimate of drug-likeness (QED) is 0.902. The van der Waals surface area contributed by atoms with E-state index < -0.39 is 0 Å². The molecule has 0 fully saturated rings. The van der Waals surface area contributed by atoms with E-state index in [2.05, 4.69) is 20.8 Å². The summed E-state index contributed by atoms with van der Waals surface area (Å²) in [4.78, 5) is 11.5. The van der Waals surface area contributed by atoms with E-state index in [1.165, 1.54) is 0 Å². The highest BCUT2D eigenvalue weighted by Gasteiger charge is 2.08. The highest BCUT2D eigenvalue weighted by molar-refractivity contribution is 6.31. The number of halogens is 1. The van der Waals surface area contributed by atoms with Crippen LogP contribution < -0.4 is 10.6 Å². The molecule has 0 bridgehead atoms. The summed E-state index contributed by atoms with van der Waals surface area (Å²) in [7, 11) is 0. The Kier molecular flexibility index (Phi) is 4.75. The number of hydrogen-bond donors (Lipinski definition) is 2. The number of carbonyl (C=O) groups is 1. The molecule has 0 aliphatic carbocycles. The molecule has 2 aromatic rings. The number of aromatic nitrogens is 2. The van der Waals surface area contributed by atoms with Gasteiger partial charge in [0.05, 0.1) is 0 Å². The van der Waals surface area contributed by atoms with Gasteiger partial charge in [0.15, 0.2) is 11.6 Å². The summed E-state index contributed by atoms with van der Waals surface area (Å²) >= 11 is 6.07. The first-order valence-electron chi connectivity index (χ1n) is 6.63. The van der Waals surface area contributed by atoms with E-state index >= 15 is 0 Å². The minimum Gasteiger partial charge on any atom is -0.339 e. The minimum absolute atomic E-state index is 0.0877. The second-order valence-electron chi connectivity index (χ2n) is 5.04. The van der Waals surface area contributed by atoms with Crippen LogP contribution in [0.15, 0.2) is 30.3 Å². The number of nitrogens with one attached hydrogen (secondary N) is 2. The van der Waals surface area contributed by atoms with Crippen LogP contribution in [0.25, 0.3) is 0 Å². The molecule has 0 aliphatic heterocycles. The maximum absolute atomic E-state index is 11.5. The number of rotatable bonds is 4. The predicted molar refractivity (Wildman–Crippen MR) is 85.0 cm³/mol. The van der Waals surface area contributed by atoms with Crippen molar-refractivity contribution >= 4 is 34.8 Å². The fourth-order valence-electron chi connectivity index (χ4n) is 1.55. The molecular weight excluding hydrogens is 288 g/mol. The third-order valence-electron chi connectivity index (χ3n) is 2.88. The van der Waals surface area contributed by atoms with Crippen LogP contribution in [-0.2, 0) is 4.79 Å². The van der Waals surface area contributed by atoms with E-state index in [-0.39, 0.29) is 11.8 Å². The van der Waals surface area contributed by atoms with Gasteiger partial charge in [-0.05, 0) is 36.8 Å². The molecule has 1 aromatic carbocycles. The van der Waals surface area contributed by atoms with Crippen molar-refractivity contribution in [3.8, 4) is 0 Å². The summed E-state index contributed by atoms with van der Waals surface area (Å²) < 4.78 is 0. The molecule has 6 heteroatoms. The summed E-state index contributed by atoms with van der Waals surface area (Å²) in [5.41, 5.74) is 1.85. The van der Waals surface area contributed by atoms with Gasteiger partial charge in [-0.2, -0.15) is 0 Å². The van der Waals surface area contributed by atoms with E-state index in [0.29, 0.717) is 16.7 Å². The van der Waals surface area contributed by atoms with Crippen molar-refractivity contribution in [2.45, 2.75) is 20.8 Å². The number of anilines is 3. The van der Waals surface area contributed by atoms with Crippen LogP contribution in [0, 0.1) is 12.8 Å². The molecule has 1 amide bonds. The molecular formula is C15H17ClN4O. The average molecular weight is 305 g/mol. The second kappa shape index (κ2) is 6.54. The average Bonchev–Trinajstić information content (AvgIpc) is 2.45. The van der Waals surface area contributed by atoms with Crippen molar-refractivity contribution in [2.75, 3.05) is 10.6 Å². The van der Waals surface area contributed by atoms with Gasteiger partial charge in [0, 0.05) is 16.6 Å². The van der Waals surface area contributed by atoms with Crippen LogP contribution in [0.3, 0.4) is 0 Å². The monoisotopic (exact) mass is 304 g/mol. The number of carbonyl (C=O) groups excluding carboxylic acids is 1. The topological polar surface area (TPSA) is 66.9 Å². The lowest BCUT2D eigenvalue weighted by Gasteiger charge is -2.08. The lowest BCUT2D eigenvalue weighted by molar-refractivity contribution is -0.118. The normalized spacial score (nSPS) is 10.5. The zero-order valence-corrected chi connectivity index (χ0v) is 12.9. The number of amides is 1. The summed E-state index contributed by atoms with van der Waals surface area (Å²) in [6.07, 6.45) is 0. The van der Waals surface area contributed by atoms with Crippen LogP contribution in [0.2, 0.25) is 5.02 Å². The summed E-state index contributed by atoms with van der Waals surface area (Å²) in [6, 6.07) is 9.11. The van der Waals surface area contributed by atoms with Gasteiger partial charge in [-0.1, -0.05) is 31.5 Å². The van der Waals surface area contributed by atoms with E-state index in [4.69, 9.17) is 11.6 Å². The Morgan fingerprint density at radius 1 is 1.14 bits per heavy atom. The minimum atomic E-state index is -0.0979. The van der Waals surface area contributed by atoms with Gasteiger partial charge in [-0.15, -0.1) is 10.2 Å². The fraction of sp³-hybridized carbons (Fsp3) is 0.267. The van der Waals surface area contributed by atoms with Crippen LogP contribution in [0.5, 0.6) is 0 Å². The molecule has 21 heavy (non-hydrogen) atoms. The number of hydrogen-bond acceptors (Lipinski definition) is 4. The van der Waals surface area contributed by atoms with E-state index in [1.807, 2.05) is 39.0 Å². The molecule has 2 rings (SSSR count). The Morgan fingerprint density at radius 2 is 1.81 bits per heavy atom. The van der Waals surface area contributed by atoms with Gasteiger partial charge in [-0.3, -0.25) is 4.79 Å². The molecule has 0 saturated heterocycles. The predicted octanol–water partition coefficient (Wildman–Crippen LogP) is 3.78. The van der Waals surface area contributed by atoms with Gasteiger partial charge in [0.25, 0.3) is 0 Å². The SMILES string of the molecule is Cc1ccc(Nc2ccc(NC(=O)C(C)C)nn2)cc1Cl. The van der Waals surface area contributed by atoms with Crippen LogP contribution in [-0.4, -0.2) is 16.1 Å². The molecule has 1 heterocycles. The molecule has 0 unspecified atom stereocenters. The van der Waals surface area contributed by atoms with Crippen molar-refractivity contribution in [3.05, 3.63) is 40.9 Å². The first-order valence-corrected chi connectivity index (χ1v) is 7.01. The van der Waals surface area contributed by atoms with Gasteiger partial charge in [0.2, 0.25) is 5.91 Å². The van der Waals surface area contributed by atoms with Gasteiger partial charge < -0.3 is 10.6 Å². The first-order chi connectivity index (χ1) is 9.95. The van der Waals surface area contributed by atoms with Crippen molar-refractivity contribution in [3.63, 3.8) is 0 Å². The van der Waals surface area contributed by atoms with E-state index in [0.717, 1.165) is 11.3 Å². The van der Waals surface area contributed by atoms with Crippen molar-refractivity contribution in [1.29, 1.82) is 0 Å². The largest absolute Gasteiger partial charge is 0.339 e. The van der Waals surface area contributed by atoms with Crippen molar-refractivity contribution in [2.24, 2.45) is 5.92 Å². The van der Waals surface area contributed by atoms with Crippen LogP contribution in [0.1, 0.15) is 19.4 Å². The number of aryl methyl sites for hydroxylation is 1. The van der Waals surface area contributed by atoms with Gasteiger partial charge in [0.1, 0.15) is 0 Å². The molecule has 0 aliphatic rings. The standard InChI is InChI=1S/C15H17ClN4O/c1-9(2)15(21)18-14-7-6-13(19-20-14)17-11-5-4-10(3)12(16)8-11/h4-9H,1-3H3,(H,17,19)(H,18,20,21). The molecule has 2 N–H and O–H groups in total. The molecule has 0 radical (unpaired) electrons. The Bertz CT molecular complexity index is 641. The zero-order chi connectivity index (χ0) is 15.4. The summed E-state index contributed by atoms with van der Waals surface area (Å²) in [5, 5.41) is 14.5. The van der Waals surface area contributed by atoms with E-state index in [9.17, 15) is 4.79 Å². The van der Waals surface area contributed by atoms with Gasteiger partial charge >= 0.3 is 0 Å². The van der Waals surface area contributed by atoms with Gasteiger partial charge in [-0.25, -0.2) is 0 Å². The first kappa shape index (κ1) is 15.3. The third-order valence-corrected chi connectivity index (χ3v) is 3.29. The number of nitrogens with zero attached hydrogens (tertiary/aromatic N) is 2. The van der Waals surface area contributed by atoms with Crippen LogP contribution >= 0.6 is 11.6 Å². The van der Waals surface area contributed by atoms with Crippen LogP contribution in [0.4, 0.5) is 17.3 Å². The second-order valence-corrected chi connectivity index (χ2v) is 5.44. The number of benzene rings is 1. The molecule has 1 aromatic heterocycles. The lowest BCUT2D eigenvalue weighted by Crippen LogP contribution is -2.18.